The minimum Gasteiger partial charge on any atom is -0.481 e. The van der Waals surface area contributed by atoms with Gasteiger partial charge in [0.05, 0.1) is 23.6 Å². The Hall–Kier alpha value is -3.68. The fraction of sp³-hybridized carbons (Fsp3) is 0.0588. The number of hydrazone groups is 1. The Balaban J connectivity index is 1.68. The number of hydrogen-bond acceptors (Lipinski definition) is 5. The van der Waals surface area contributed by atoms with Crippen molar-refractivity contribution in [1.82, 2.24) is 15.4 Å². The number of carboxylic acid groups (broad SMARTS) is 1. The summed E-state index contributed by atoms with van der Waals surface area (Å²) in [6, 6.07) is 11.9. The van der Waals surface area contributed by atoms with Gasteiger partial charge < -0.3 is 14.8 Å². The van der Waals surface area contributed by atoms with Crippen LogP contribution < -0.4 is 10.2 Å². The van der Waals surface area contributed by atoms with Gasteiger partial charge in [0.1, 0.15) is 5.75 Å². The molecule has 0 aliphatic rings. The number of hydrogen-bond donors (Lipinski definition) is 3. The molecule has 1 aromatic heterocycles. The smallest absolute Gasteiger partial charge is 0.341 e. The van der Waals surface area contributed by atoms with Crippen molar-refractivity contribution < 1.29 is 19.4 Å². The summed E-state index contributed by atoms with van der Waals surface area (Å²) in [6.07, 6.45) is 2.95. The molecule has 1 amide bonds. The van der Waals surface area contributed by atoms with Crippen LogP contribution in [0.2, 0.25) is 0 Å². The minimum absolute atomic E-state index is 0.363. The highest BCUT2D eigenvalue weighted by Gasteiger charge is 2.07. The molecule has 0 aliphatic heterocycles. The molecule has 8 heteroatoms. The fourth-order valence-electron chi connectivity index (χ4n) is 2.16. The van der Waals surface area contributed by atoms with E-state index in [1.54, 1.807) is 48.8 Å². The maximum Gasteiger partial charge on any atom is 0.341 e. The quantitative estimate of drug-likeness (QED) is 0.468. The lowest BCUT2D eigenvalue weighted by atomic mass is 10.2. The number of para-hydroxylation sites is 1. The van der Waals surface area contributed by atoms with Crippen molar-refractivity contribution in [2.45, 2.75) is 0 Å². The summed E-state index contributed by atoms with van der Waals surface area (Å²) in [4.78, 5) is 29.7. The predicted molar refractivity (Wildman–Crippen MR) is 90.7 cm³/mol. The highest BCUT2D eigenvalue weighted by Crippen LogP contribution is 2.15. The zero-order valence-corrected chi connectivity index (χ0v) is 13.0. The van der Waals surface area contributed by atoms with E-state index in [1.807, 2.05) is 0 Å². The molecule has 0 bridgehead atoms. The lowest BCUT2D eigenvalue weighted by Gasteiger charge is -2.06. The highest BCUT2D eigenvalue weighted by atomic mass is 16.5. The first-order valence-electron chi connectivity index (χ1n) is 7.33. The number of carboxylic acids is 1. The summed E-state index contributed by atoms with van der Waals surface area (Å²) in [6.45, 7) is -0.457. The summed E-state index contributed by atoms with van der Waals surface area (Å²) in [5, 5.41) is 12.6. The van der Waals surface area contributed by atoms with Crippen LogP contribution in [0.15, 0.2) is 53.9 Å². The largest absolute Gasteiger partial charge is 0.481 e. The van der Waals surface area contributed by atoms with E-state index in [9.17, 15) is 9.59 Å². The molecule has 3 aromatic rings. The normalized spacial score (nSPS) is 10.9. The average molecular weight is 338 g/mol. The first-order valence-corrected chi connectivity index (χ1v) is 7.33. The van der Waals surface area contributed by atoms with Crippen LogP contribution in [-0.2, 0) is 4.79 Å². The van der Waals surface area contributed by atoms with Crippen molar-refractivity contribution >= 4 is 29.1 Å². The van der Waals surface area contributed by atoms with Crippen LogP contribution in [0.5, 0.6) is 5.75 Å². The molecular weight excluding hydrogens is 324 g/mol. The minimum atomic E-state index is -1.07. The van der Waals surface area contributed by atoms with Crippen molar-refractivity contribution in [3.8, 4) is 5.75 Å². The monoisotopic (exact) mass is 338 g/mol. The van der Waals surface area contributed by atoms with Crippen LogP contribution in [0, 0.1) is 0 Å². The second-order valence-electron chi connectivity index (χ2n) is 5.05. The molecule has 0 atom stereocenters. The van der Waals surface area contributed by atoms with E-state index in [4.69, 9.17) is 9.84 Å². The van der Waals surface area contributed by atoms with Gasteiger partial charge in [0.15, 0.2) is 6.61 Å². The molecule has 0 unspecified atom stereocenters. The molecule has 0 fully saturated rings. The topological polar surface area (TPSA) is 117 Å². The Kier molecular flexibility index (Phi) is 4.70. The van der Waals surface area contributed by atoms with Crippen molar-refractivity contribution in [2.24, 2.45) is 5.10 Å². The average Bonchev–Trinajstić information content (AvgIpc) is 3.08. The van der Waals surface area contributed by atoms with Crippen LogP contribution in [0.1, 0.15) is 15.9 Å². The van der Waals surface area contributed by atoms with E-state index >= 15 is 0 Å². The first-order chi connectivity index (χ1) is 12.1. The summed E-state index contributed by atoms with van der Waals surface area (Å²) < 4.78 is 5.17. The summed E-state index contributed by atoms with van der Waals surface area (Å²) in [5.41, 5.74) is 4.93. The lowest BCUT2D eigenvalue weighted by Crippen LogP contribution is -2.17. The van der Waals surface area contributed by atoms with Crippen LogP contribution in [0.4, 0.5) is 0 Å². The third-order valence-electron chi connectivity index (χ3n) is 3.32. The highest BCUT2D eigenvalue weighted by molar-refractivity contribution is 5.97. The van der Waals surface area contributed by atoms with Gasteiger partial charge in [0.25, 0.3) is 5.91 Å². The number of carbonyl (C=O) groups is 2. The number of ether oxygens (including phenoxy) is 1. The number of aromatic nitrogens is 2. The molecule has 1 heterocycles. The zero-order valence-electron chi connectivity index (χ0n) is 13.0. The molecule has 0 aliphatic carbocycles. The molecule has 126 valence electrons. The second kappa shape index (κ2) is 7.26. The van der Waals surface area contributed by atoms with Gasteiger partial charge in [0.2, 0.25) is 0 Å². The summed E-state index contributed by atoms with van der Waals surface area (Å²) in [7, 11) is 0. The number of imidazole rings is 1. The SMILES string of the molecule is O=C(O)COc1ccccc1C=NNC(=O)c1ccc2nc[nH]c2c1. The lowest BCUT2D eigenvalue weighted by molar-refractivity contribution is -0.139. The number of carbonyl (C=O) groups excluding carboxylic acids is 1. The fourth-order valence-corrected chi connectivity index (χ4v) is 2.16. The van der Waals surface area contributed by atoms with E-state index in [0.29, 0.717) is 16.9 Å². The Labute approximate surface area is 142 Å². The van der Waals surface area contributed by atoms with Gasteiger partial charge in [-0.1, -0.05) is 12.1 Å². The number of aliphatic carboxylic acids is 1. The van der Waals surface area contributed by atoms with E-state index in [2.05, 4.69) is 20.5 Å². The molecule has 0 saturated carbocycles. The number of amides is 1. The Morgan fingerprint density at radius 3 is 2.96 bits per heavy atom. The van der Waals surface area contributed by atoms with Gasteiger partial charge >= 0.3 is 5.97 Å². The Bertz CT molecular complexity index is 948. The Morgan fingerprint density at radius 2 is 2.12 bits per heavy atom. The predicted octanol–water partition coefficient (Wildman–Crippen LogP) is 1.79. The number of H-pyrrole nitrogens is 1. The van der Waals surface area contributed by atoms with Crippen LogP contribution in [0.25, 0.3) is 11.0 Å². The summed E-state index contributed by atoms with van der Waals surface area (Å²) in [5.74, 6) is -1.09. The molecule has 3 rings (SSSR count). The molecule has 8 nitrogen and oxygen atoms in total. The van der Waals surface area contributed by atoms with Crippen molar-refractivity contribution in [1.29, 1.82) is 0 Å². The molecule has 0 saturated heterocycles. The number of rotatable bonds is 6. The number of fused-ring (bicyclic) bond motifs is 1. The van der Waals surface area contributed by atoms with Gasteiger partial charge in [-0.05, 0) is 30.3 Å². The maximum absolute atomic E-state index is 12.1. The molecule has 2 aromatic carbocycles. The summed E-state index contributed by atoms with van der Waals surface area (Å²) >= 11 is 0. The molecule has 3 N–H and O–H groups in total. The molecule has 0 radical (unpaired) electrons. The molecule has 25 heavy (non-hydrogen) atoms. The van der Waals surface area contributed by atoms with Crippen molar-refractivity contribution in [3.05, 3.63) is 59.9 Å². The zero-order chi connectivity index (χ0) is 17.6. The maximum atomic E-state index is 12.1. The van der Waals surface area contributed by atoms with Crippen LogP contribution >= 0.6 is 0 Å². The van der Waals surface area contributed by atoms with Crippen molar-refractivity contribution in [2.75, 3.05) is 6.61 Å². The number of nitrogens with one attached hydrogen (secondary N) is 2. The molecular formula is C17H14N4O4. The van der Waals surface area contributed by atoms with Gasteiger partial charge in [0, 0.05) is 11.1 Å². The first kappa shape index (κ1) is 16.2. The number of aromatic amines is 1. The van der Waals surface area contributed by atoms with Gasteiger partial charge in [-0.25, -0.2) is 15.2 Å². The van der Waals surface area contributed by atoms with Crippen LogP contribution in [0.3, 0.4) is 0 Å². The van der Waals surface area contributed by atoms with E-state index < -0.39 is 12.6 Å². The second-order valence-corrected chi connectivity index (χ2v) is 5.05. The van der Waals surface area contributed by atoms with Gasteiger partial charge in [-0.2, -0.15) is 5.10 Å². The van der Waals surface area contributed by atoms with E-state index in [0.717, 1.165) is 11.0 Å². The standard InChI is InChI=1S/C17H14N4O4/c22-16(23)9-25-15-4-2-1-3-12(15)8-20-21-17(24)11-5-6-13-14(7-11)19-10-18-13/h1-8,10H,9H2,(H,18,19)(H,21,24)(H,22,23). The van der Waals surface area contributed by atoms with Crippen LogP contribution in [-0.4, -0.2) is 39.8 Å². The van der Waals surface area contributed by atoms with Crippen molar-refractivity contribution in [3.63, 3.8) is 0 Å². The molecule has 0 spiro atoms. The van der Waals surface area contributed by atoms with E-state index in [1.165, 1.54) is 6.21 Å². The third kappa shape index (κ3) is 3.99. The Morgan fingerprint density at radius 1 is 1.28 bits per heavy atom. The number of benzene rings is 2. The number of nitrogens with zero attached hydrogens (tertiary/aromatic N) is 2. The third-order valence-corrected chi connectivity index (χ3v) is 3.32. The van der Waals surface area contributed by atoms with Gasteiger partial charge in [-0.15, -0.1) is 0 Å². The van der Waals surface area contributed by atoms with Gasteiger partial charge in [-0.3, -0.25) is 4.79 Å². The van der Waals surface area contributed by atoms with E-state index in [-0.39, 0.29) is 5.91 Å².